The van der Waals surface area contributed by atoms with Gasteiger partial charge in [0.2, 0.25) is 11.9 Å². The second kappa shape index (κ2) is 7.63. The van der Waals surface area contributed by atoms with E-state index in [1.165, 1.54) is 23.2 Å². The lowest BCUT2D eigenvalue weighted by Crippen LogP contribution is -2.45. The number of carbonyl (C=O) groups is 2. The number of nitrogens with zero attached hydrogens (tertiary/aromatic N) is 4. The molecule has 0 fully saturated rings. The highest BCUT2D eigenvalue weighted by atomic mass is 32.1. The average Bonchev–Trinajstić information content (AvgIpc) is 2.96. The van der Waals surface area contributed by atoms with Crippen LogP contribution in [0.1, 0.15) is 33.3 Å². The molecule has 3 rings (SSSR count). The molecule has 0 saturated heterocycles. The van der Waals surface area contributed by atoms with Crippen LogP contribution in [0.2, 0.25) is 0 Å². The van der Waals surface area contributed by atoms with Crippen molar-refractivity contribution in [1.82, 2.24) is 15.0 Å². The number of hydrogen-bond donors (Lipinski definition) is 3. The molecular weight excluding hydrogens is 392 g/mol. The Morgan fingerprint density at radius 2 is 1.93 bits per heavy atom. The van der Waals surface area contributed by atoms with Crippen LogP contribution in [-0.4, -0.2) is 37.6 Å². The molecule has 1 aromatic carbocycles. The van der Waals surface area contributed by atoms with E-state index in [0.29, 0.717) is 32.8 Å². The van der Waals surface area contributed by atoms with Gasteiger partial charge >= 0.3 is 6.09 Å². The smallest absolute Gasteiger partial charge is 0.412 e. The molecule has 0 aliphatic carbocycles. The van der Waals surface area contributed by atoms with Crippen molar-refractivity contribution in [3.8, 4) is 0 Å². The first-order chi connectivity index (χ1) is 13.5. The summed E-state index contributed by atoms with van der Waals surface area (Å²) in [6, 6.07) is 5.38. The number of rotatable bonds is 4. The maximum absolute atomic E-state index is 11.8. The second-order valence-electron chi connectivity index (χ2n) is 7.50. The molecule has 2 aromatic heterocycles. The van der Waals surface area contributed by atoms with Crippen molar-refractivity contribution in [3.63, 3.8) is 0 Å². The van der Waals surface area contributed by atoms with E-state index >= 15 is 0 Å². The van der Waals surface area contributed by atoms with E-state index in [2.05, 4.69) is 25.6 Å². The summed E-state index contributed by atoms with van der Waals surface area (Å²) < 4.78 is 0. The number of carboxylic acid groups (broad SMARTS) is 1. The fourth-order valence-electron chi connectivity index (χ4n) is 2.79. The van der Waals surface area contributed by atoms with Gasteiger partial charge in [-0.3, -0.25) is 9.69 Å². The number of carbonyl (C=O) groups excluding carboxylic acids is 1. The standard InChI is InChI=1S/C19H22N6O3S/c1-10-6-7-12(25(18(27)28)19(3,4)5)8-13(10)22-16-20-9-14-15(24-16)29-17(23-14)21-11(2)26/h6-9H,1-5H3,(H,27,28)(H,20,22,24)(H,21,23,26). The zero-order chi connectivity index (χ0) is 21.3. The molecule has 3 N–H and O–H groups in total. The predicted molar refractivity (Wildman–Crippen MR) is 114 cm³/mol. The van der Waals surface area contributed by atoms with Crippen LogP contribution in [0, 0.1) is 6.92 Å². The Morgan fingerprint density at radius 3 is 2.55 bits per heavy atom. The number of amides is 2. The van der Waals surface area contributed by atoms with Crippen LogP contribution in [-0.2, 0) is 4.79 Å². The molecule has 2 amide bonds. The zero-order valence-electron chi connectivity index (χ0n) is 16.8. The van der Waals surface area contributed by atoms with Crippen molar-refractivity contribution in [2.45, 2.75) is 40.2 Å². The van der Waals surface area contributed by atoms with Crippen LogP contribution in [0.4, 0.5) is 27.2 Å². The number of nitrogens with one attached hydrogen (secondary N) is 2. The Bertz CT molecular complexity index is 1090. The van der Waals surface area contributed by atoms with E-state index in [1.54, 1.807) is 18.3 Å². The maximum atomic E-state index is 11.8. The van der Waals surface area contributed by atoms with Crippen molar-refractivity contribution >= 4 is 56.1 Å². The van der Waals surface area contributed by atoms with Crippen molar-refractivity contribution < 1.29 is 14.7 Å². The first kappa shape index (κ1) is 20.5. The van der Waals surface area contributed by atoms with Gasteiger partial charge in [0.05, 0.1) is 6.20 Å². The second-order valence-corrected chi connectivity index (χ2v) is 8.47. The molecule has 0 bridgehead atoms. The highest BCUT2D eigenvalue weighted by Crippen LogP contribution is 2.30. The van der Waals surface area contributed by atoms with Crippen molar-refractivity contribution in [2.24, 2.45) is 0 Å². The Hall–Kier alpha value is -3.27. The normalized spacial score (nSPS) is 11.3. The Balaban J connectivity index is 1.93. The fraction of sp³-hybridized carbons (Fsp3) is 0.316. The minimum absolute atomic E-state index is 0.204. The molecule has 0 spiro atoms. The van der Waals surface area contributed by atoms with Crippen LogP contribution in [0.3, 0.4) is 0 Å². The van der Waals surface area contributed by atoms with E-state index < -0.39 is 11.6 Å². The van der Waals surface area contributed by atoms with Crippen molar-refractivity contribution in [2.75, 3.05) is 15.5 Å². The summed E-state index contributed by atoms with van der Waals surface area (Å²) >= 11 is 1.25. The summed E-state index contributed by atoms with van der Waals surface area (Å²) in [5.74, 6) is 0.151. The van der Waals surface area contributed by atoms with Crippen LogP contribution < -0.4 is 15.5 Å². The molecule has 152 valence electrons. The summed E-state index contributed by atoms with van der Waals surface area (Å²) in [4.78, 5) is 37.9. The van der Waals surface area contributed by atoms with Crippen LogP contribution >= 0.6 is 11.3 Å². The minimum Gasteiger partial charge on any atom is -0.465 e. The molecule has 0 atom stereocenters. The number of hydrogen-bond acceptors (Lipinski definition) is 7. The molecule has 9 nitrogen and oxygen atoms in total. The molecule has 0 radical (unpaired) electrons. The van der Waals surface area contributed by atoms with Gasteiger partial charge < -0.3 is 15.7 Å². The monoisotopic (exact) mass is 414 g/mol. The number of fused-ring (bicyclic) bond motifs is 1. The van der Waals surface area contributed by atoms with Gasteiger partial charge in [-0.15, -0.1) is 0 Å². The maximum Gasteiger partial charge on any atom is 0.412 e. The van der Waals surface area contributed by atoms with Gasteiger partial charge in [0.25, 0.3) is 0 Å². The van der Waals surface area contributed by atoms with Gasteiger partial charge in [0.1, 0.15) is 5.52 Å². The van der Waals surface area contributed by atoms with E-state index in [9.17, 15) is 14.7 Å². The quantitative estimate of drug-likeness (QED) is 0.579. The summed E-state index contributed by atoms with van der Waals surface area (Å²) in [5, 5.41) is 15.9. The minimum atomic E-state index is -1.03. The number of benzene rings is 1. The topological polar surface area (TPSA) is 120 Å². The lowest BCUT2D eigenvalue weighted by Gasteiger charge is -2.33. The third-order valence-corrected chi connectivity index (χ3v) is 4.90. The number of aromatic nitrogens is 3. The number of anilines is 4. The SMILES string of the molecule is CC(=O)Nc1nc2cnc(Nc3cc(N(C(=O)O)C(C)(C)C)ccc3C)nc2s1. The third-order valence-electron chi connectivity index (χ3n) is 4.02. The molecule has 10 heteroatoms. The lowest BCUT2D eigenvalue weighted by molar-refractivity contribution is -0.114. The first-order valence-electron chi connectivity index (χ1n) is 8.86. The summed E-state index contributed by atoms with van der Waals surface area (Å²) in [7, 11) is 0. The van der Waals surface area contributed by atoms with E-state index in [0.717, 1.165) is 5.56 Å². The van der Waals surface area contributed by atoms with Gasteiger partial charge in [0.15, 0.2) is 9.96 Å². The van der Waals surface area contributed by atoms with E-state index in [1.807, 2.05) is 33.8 Å². The molecule has 0 saturated carbocycles. The zero-order valence-corrected chi connectivity index (χ0v) is 17.6. The molecule has 3 aromatic rings. The van der Waals surface area contributed by atoms with Crippen LogP contribution in [0.25, 0.3) is 10.3 Å². The third kappa shape index (κ3) is 4.60. The summed E-state index contributed by atoms with van der Waals surface area (Å²) in [6.45, 7) is 8.83. The fourth-order valence-corrected chi connectivity index (χ4v) is 3.65. The molecule has 0 unspecified atom stereocenters. The van der Waals surface area contributed by atoms with Crippen molar-refractivity contribution in [3.05, 3.63) is 30.0 Å². The first-order valence-corrected chi connectivity index (χ1v) is 9.68. The Morgan fingerprint density at radius 1 is 1.21 bits per heavy atom. The average molecular weight is 414 g/mol. The summed E-state index contributed by atoms with van der Waals surface area (Å²) in [6.07, 6.45) is 0.546. The van der Waals surface area contributed by atoms with E-state index in [-0.39, 0.29) is 5.91 Å². The summed E-state index contributed by atoms with van der Waals surface area (Å²) in [5.41, 5.74) is 2.14. The largest absolute Gasteiger partial charge is 0.465 e. The highest BCUT2D eigenvalue weighted by molar-refractivity contribution is 7.21. The van der Waals surface area contributed by atoms with Gasteiger partial charge in [-0.05, 0) is 45.4 Å². The van der Waals surface area contributed by atoms with Gasteiger partial charge in [-0.1, -0.05) is 17.4 Å². The molecule has 0 aliphatic heterocycles. The highest BCUT2D eigenvalue weighted by Gasteiger charge is 2.28. The molecule has 29 heavy (non-hydrogen) atoms. The number of thiazole rings is 1. The van der Waals surface area contributed by atoms with Crippen molar-refractivity contribution in [1.29, 1.82) is 0 Å². The van der Waals surface area contributed by atoms with Crippen LogP contribution in [0.5, 0.6) is 0 Å². The van der Waals surface area contributed by atoms with Gasteiger partial charge in [-0.25, -0.2) is 14.8 Å². The van der Waals surface area contributed by atoms with E-state index in [4.69, 9.17) is 0 Å². The Kier molecular flexibility index (Phi) is 5.38. The lowest BCUT2D eigenvalue weighted by atomic mass is 10.0. The number of aryl methyl sites for hydroxylation is 1. The van der Waals surface area contributed by atoms with Gasteiger partial charge in [-0.2, -0.15) is 4.98 Å². The van der Waals surface area contributed by atoms with Crippen LogP contribution in [0.15, 0.2) is 24.4 Å². The molecule has 0 aliphatic rings. The molecular formula is C19H22N6O3S. The molecule has 2 heterocycles. The Labute approximate surface area is 171 Å². The van der Waals surface area contributed by atoms with Gasteiger partial charge in [0, 0.05) is 23.8 Å². The predicted octanol–water partition coefficient (Wildman–Crippen LogP) is 4.38.